The molecule has 0 unspecified atom stereocenters. The molecular formula is C24H26N4O3. The molecule has 0 spiro atoms. The summed E-state index contributed by atoms with van der Waals surface area (Å²) in [5.41, 5.74) is 4.35. The molecule has 2 heterocycles. The van der Waals surface area contributed by atoms with Gasteiger partial charge in [-0.1, -0.05) is 19.9 Å². The van der Waals surface area contributed by atoms with Gasteiger partial charge < -0.3 is 20.1 Å². The highest BCUT2D eigenvalue weighted by molar-refractivity contribution is 6.03. The smallest absolute Gasteiger partial charge is 0.254 e. The first-order valence-corrected chi connectivity index (χ1v) is 10.0. The summed E-state index contributed by atoms with van der Waals surface area (Å²) in [5, 5.41) is 15.2. The quantitative estimate of drug-likeness (QED) is 0.431. The number of amides is 1. The highest BCUT2D eigenvalue weighted by Gasteiger charge is 2.29. The van der Waals surface area contributed by atoms with Crippen LogP contribution in [0.2, 0.25) is 0 Å². The topological polar surface area (TPSA) is 96.3 Å². The van der Waals surface area contributed by atoms with E-state index in [4.69, 9.17) is 9.47 Å². The molecule has 0 saturated carbocycles. The molecule has 7 heteroatoms. The van der Waals surface area contributed by atoms with E-state index in [-0.39, 0.29) is 11.8 Å². The Morgan fingerprint density at radius 2 is 2.10 bits per heavy atom. The van der Waals surface area contributed by atoms with Crippen LogP contribution in [0.25, 0.3) is 5.57 Å². The molecule has 1 aromatic heterocycles. The summed E-state index contributed by atoms with van der Waals surface area (Å²) >= 11 is 0. The fraction of sp³-hybridized carbons (Fsp3) is 0.292. The number of nitriles is 1. The maximum absolute atomic E-state index is 12.5. The molecule has 3 rings (SSSR count). The molecule has 1 aromatic carbocycles. The molecule has 0 atom stereocenters. The number of allylic oxidation sites excluding steroid dienone is 4. The van der Waals surface area contributed by atoms with Crippen molar-refractivity contribution in [3.05, 3.63) is 52.9 Å². The van der Waals surface area contributed by atoms with E-state index in [0.29, 0.717) is 45.5 Å². The number of hydrogen-bond donors (Lipinski definition) is 2. The van der Waals surface area contributed by atoms with Crippen molar-refractivity contribution in [3.63, 3.8) is 0 Å². The summed E-state index contributed by atoms with van der Waals surface area (Å²) in [6, 6.07) is 6.06. The number of pyridine rings is 1. The van der Waals surface area contributed by atoms with Crippen molar-refractivity contribution in [2.45, 2.75) is 33.6 Å². The minimum Gasteiger partial charge on any atom is -0.494 e. The van der Waals surface area contributed by atoms with Crippen molar-refractivity contribution in [2.75, 3.05) is 19.5 Å². The Morgan fingerprint density at radius 1 is 1.35 bits per heavy atom. The first-order chi connectivity index (χ1) is 14.8. The van der Waals surface area contributed by atoms with Crippen LogP contribution in [0, 0.1) is 11.3 Å². The lowest BCUT2D eigenvalue weighted by Crippen LogP contribution is -2.21. The molecule has 1 aliphatic rings. The van der Waals surface area contributed by atoms with E-state index in [0.717, 1.165) is 11.1 Å². The number of carbonyl (C=O) groups excluding carboxylic acids is 1. The molecule has 0 radical (unpaired) electrons. The molecule has 160 valence electrons. The van der Waals surface area contributed by atoms with E-state index >= 15 is 0 Å². The number of aromatic nitrogens is 1. The molecule has 7 nitrogen and oxygen atoms in total. The zero-order valence-corrected chi connectivity index (χ0v) is 18.6. The average Bonchev–Trinajstić information content (AvgIpc) is 2.78. The third-order valence-electron chi connectivity index (χ3n) is 5.13. The van der Waals surface area contributed by atoms with Crippen LogP contribution in [0.1, 0.15) is 55.2 Å². The van der Waals surface area contributed by atoms with Crippen molar-refractivity contribution in [1.82, 2.24) is 10.3 Å². The van der Waals surface area contributed by atoms with Crippen molar-refractivity contribution >= 4 is 22.9 Å². The normalized spacial score (nSPS) is 12.8. The summed E-state index contributed by atoms with van der Waals surface area (Å²) in [6.45, 7) is 7.84. The van der Waals surface area contributed by atoms with E-state index in [1.54, 1.807) is 33.2 Å². The van der Waals surface area contributed by atoms with Gasteiger partial charge in [0, 0.05) is 18.8 Å². The van der Waals surface area contributed by atoms with Gasteiger partial charge in [-0.05, 0) is 49.1 Å². The standard InChI is InChI=1S/C24H26N4O3/c1-7-15(11-25)8-14(4)20-23-21(17(12-27-20)24(29)26-5)28-22-18(30-6)9-16(13(2)3)10-19(22)31-23/h7-10,12-13,28H,1-6H3,(H,26,29)/b14-8+,15-7+. The molecule has 0 fully saturated rings. The highest BCUT2D eigenvalue weighted by Crippen LogP contribution is 2.50. The molecule has 1 amide bonds. The van der Waals surface area contributed by atoms with Gasteiger partial charge in [0.25, 0.3) is 5.91 Å². The van der Waals surface area contributed by atoms with Gasteiger partial charge in [-0.3, -0.25) is 9.78 Å². The fourth-order valence-corrected chi connectivity index (χ4v) is 3.33. The lowest BCUT2D eigenvalue weighted by atomic mass is 10.00. The summed E-state index contributed by atoms with van der Waals surface area (Å²) in [5.74, 6) is 1.63. The van der Waals surface area contributed by atoms with Gasteiger partial charge in [0.05, 0.1) is 24.4 Å². The first kappa shape index (κ1) is 21.9. The summed E-state index contributed by atoms with van der Waals surface area (Å²) < 4.78 is 11.9. The number of nitrogens with zero attached hydrogens (tertiary/aromatic N) is 2. The van der Waals surface area contributed by atoms with Crippen LogP contribution in [-0.2, 0) is 0 Å². The predicted octanol–water partition coefficient (Wildman–Crippen LogP) is 5.30. The van der Waals surface area contributed by atoms with Gasteiger partial charge in [-0.15, -0.1) is 0 Å². The number of hydrogen-bond acceptors (Lipinski definition) is 6. The Morgan fingerprint density at radius 3 is 2.68 bits per heavy atom. The number of anilines is 2. The minimum absolute atomic E-state index is 0.272. The van der Waals surface area contributed by atoms with Crippen LogP contribution in [0.5, 0.6) is 17.2 Å². The van der Waals surface area contributed by atoms with Crippen LogP contribution in [-0.4, -0.2) is 25.0 Å². The lowest BCUT2D eigenvalue weighted by Gasteiger charge is -2.27. The lowest BCUT2D eigenvalue weighted by molar-refractivity contribution is 0.0963. The minimum atomic E-state index is -0.291. The summed E-state index contributed by atoms with van der Waals surface area (Å²) in [4.78, 5) is 17.0. The Balaban J connectivity index is 2.24. The maximum Gasteiger partial charge on any atom is 0.254 e. The second kappa shape index (κ2) is 8.92. The van der Waals surface area contributed by atoms with Crippen molar-refractivity contribution in [3.8, 4) is 23.3 Å². The van der Waals surface area contributed by atoms with Gasteiger partial charge in [0.1, 0.15) is 17.1 Å². The number of carbonyl (C=O) groups is 1. The molecule has 0 aliphatic carbocycles. The molecule has 1 aliphatic heterocycles. The van der Waals surface area contributed by atoms with Crippen LogP contribution < -0.4 is 20.1 Å². The van der Waals surface area contributed by atoms with E-state index in [1.165, 1.54) is 6.20 Å². The van der Waals surface area contributed by atoms with Gasteiger partial charge in [0.2, 0.25) is 0 Å². The molecule has 2 N–H and O–H groups in total. The van der Waals surface area contributed by atoms with E-state index in [1.807, 2.05) is 19.1 Å². The Kier molecular flexibility index (Phi) is 6.30. The SMILES string of the molecule is C/C=C(C#N)\C=C(/C)c1ncc(C(=O)NC)c2c1Oc1cc(C(C)C)cc(OC)c1N2. The summed E-state index contributed by atoms with van der Waals surface area (Å²) in [7, 11) is 3.16. The van der Waals surface area contributed by atoms with Crippen LogP contribution in [0.3, 0.4) is 0 Å². The molecule has 0 saturated heterocycles. The number of ether oxygens (including phenoxy) is 2. The van der Waals surface area contributed by atoms with Gasteiger partial charge in [-0.25, -0.2) is 0 Å². The highest BCUT2D eigenvalue weighted by atomic mass is 16.5. The number of nitrogens with one attached hydrogen (secondary N) is 2. The van der Waals surface area contributed by atoms with Crippen LogP contribution in [0.4, 0.5) is 11.4 Å². The number of methoxy groups -OCH3 is 1. The number of rotatable bonds is 5. The zero-order chi connectivity index (χ0) is 22.7. The maximum atomic E-state index is 12.5. The van der Waals surface area contributed by atoms with E-state index in [2.05, 4.69) is 35.5 Å². The fourth-order valence-electron chi connectivity index (χ4n) is 3.33. The van der Waals surface area contributed by atoms with Crippen molar-refractivity contribution in [1.29, 1.82) is 5.26 Å². The predicted molar refractivity (Wildman–Crippen MR) is 121 cm³/mol. The monoisotopic (exact) mass is 418 g/mol. The van der Waals surface area contributed by atoms with Crippen LogP contribution in [0.15, 0.2) is 36.1 Å². The van der Waals surface area contributed by atoms with E-state index < -0.39 is 0 Å². The van der Waals surface area contributed by atoms with Gasteiger partial charge in [-0.2, -0.15) is 5.26 Å². The second-order valence-electron chi connectivity index (χ2n) is 7.46. The van der Waals surface area contributed by atoms with Gasteiger partial charge in [0.15, 0.2) is 11.5 Å². The zero-order valence-electron chi connectivity index (χ0n) is 18.6. The molecular weight excluding hydrogens is 392 g/mol. The van der Waals surface area contributed by atoms with Crippen LogP contribution >= 0.6 is 0 Å². The number of benzene rings is 1. The molecule has 31 heavy (non-hydrogen) atoms. The third-order valence-corrected chi connectivity index (χ3v) is 5.13. The Bertz CT molecular complexity index is 1140. The molecule has 0 bridgehead atoms. The first-order valence-electron chi connectivity index (χ1n) is 10.0. The molecule has 2 aromatic rings. The number of fused-ring (bicyclic) bond motifs is 2. The Hall–Kier alpha value is -3.79. The largest absolute Gasteiger partial charge is 0.494 e. The van der Waals surface area contributed by atoms with Crippen molar-refractivity contribution < 1.29 is 14.3 Å². The third kappa shape index (κ3) is 4.10. The average molecular weight is 418 g/mol. The second-order valence-corrected chi connectivity index (χ2v) is 7.46. The summed E-state index contributed by atoms with van der Waals surface area (Å²) in [6.07, 6.45) is 4.97. The van der Waals surface area contributed by atoms with E-state index in [9.17, 15) is 10.1 Å². The van der Waals surface area contributed by atoms with Crippen molar-refractivity contribution in [2.24, 2.45) is 0 Å². The Labute approximate surface area is 182 Å². The van der Waals surface area contributed by atoms with Gasteiger partial charge >= 0.3 is 0 Å².